The largest absolute Gasteiger partial charge is 0.350 e. The Morgan fingerprint density at radius 1 is 0.950 bits per heavy atom. The van der Waals surface area contributed by atoms with Gasteiger partial charge < -0.3 is 10.2 Å². The van der Waals surface area contributed by atoms with Crippen LogP contribution in [0.15, 0.2) is 77.7 Å². The first kappa shape index (κ1) is 31.2. The highest BCUT2D eigenvalue weighted by atomic mass is 35.5. The molecule has 0 saturated carbocycles. The van der Waals surface area contributed by atoms with E-state index in [1.165, 1.54) is 17.0 Å². The van der Waals surface area contributed by atoms with Crippen LogP contribution < -0.4 is 9.62 Å². The van der Waals surface area contributed by atoms with Crippen LogP contribution in [-0.2, 0) is 26.2 Å². The molecule has 214 valence electrons. The van der Waals surface area contributed by atoms with Gasteiger partial charge in [-0.1, -0.05) is 72.6 Å². The highest BCUT2D eigenvalue weighted by Crippen LogP contribution is 2.30. The van der Waals surface area contributed by atoms with E-state index < -0.39 is 34.1 Å². The molecule has 3 aromatic carbocycles. The number of hydrogen-bond donors (Lipinski definition) is 1. The second kappa shape index (κ2) is 12.9. The van der Waals surface area contributed by atoms with Gasteiger partial charge in [0, 0.05) is 17.1 Å². The molecule has 0 aliphatic heterocycles. The molecule has 3 aromatic rings. The Kier molecular flexibility index (Phi) is 10.0. The van der Waals surface area contributed by atoms with E-state index in [0.29, 0.717) is 22.7 Å². The molecule has 0 fully saturated rings. The van der Waals surface area contributed by atoms with Gasteiger partial charge in [0.15, 0.2) is 0 Å². The first-order valence-electron chi connectivity index (χ1n) is 13.2. The quantitative estimate of drug-likeness (QED) is 0.323. The molecule has 0 radical (unpaired) electrons. The van der Waals surface area contributed by atoms with Crippen molar-refractivity contribution in [3.8, 4) is 0 Å². The number of rotatable bonds is 10. The van der Waals surface area contributed by atoms with Crippen molar-refractivity contribution in [2.24, 2.45) is 0 Å². The first-order valence-corrected chi connectivity index (χ1v) is 15.1. The molecule has 1 unspecified atom stereocenters. The molecule has 0 bridgehead atoms. The summed E-state index contributed by atoms with van der Waals surface area (Å²) in [6.45, 7) is 10.8. The molecule has 9 heteroatoms. The van der Waals surface area contributed by atoms with E-state index in [-0.39, 0.29) is 17.3 Å². The van der Waals surface area contributed by atoms with Crippen molar-refractivity contribution in [3.05, 3.63) is 94.5 Å². The number of halogens is 1. The van der Waals surface area contributed by atoms with Crippen LogP contribution in [0.5, 0.6) is 0 Å². The summed E-state index contributed by atoms with van der Waals surface area (Å²) < 4.78 is 29.0. The highest BCUT2D eigenvalue weighted by molar-refractivity contribution is 7.92. The van der Waals surface area contributed by atoms with Gasteiger partial charge in [0.25, 0.3) is 10.0 Å². The van der Waals surface area contributed by atoms with Gasteiger partial charge >= 0.3 is 0 Å². The maximum atomic E-state index is 14.1. The number of sulfonamides is 1. The first-order chi connectivity index (χ1) is 18.7. The minimum atomic E-state index is -4.16. The molecular weight excluding hydrogens is 546 g/mol. The minimum Gasteiger partial charge on any atom is -0.350 e. The van der Waals surface area contributed by atoms with Crippen molar-refractivity contribution in [1.82, 2.24) is 10.2 Å². The van der Waals surface area contributed by atoms with Crippen molar-refractivity contribution in [2.75, 3.05) is 10.8 Å². The van der Waals surface area contributed by atoms with E-state index in [2.05, 4.69) is 5.32 Å². The van der Waals surface area contributed by atoms with Crippen LogP contribution in [0.1, 0.15) is 50.8 Å². The van der Waals surface area contributed by atoms with Crippen molar-refractivity contribution < 1.29 is 18.0 Å². The number of anilines is 1. The van der Waals surface area contributed by atoms with Gasteiger partial charge in [0.1, 0.15) is 12.6 Å². The number of benzene rings is 3. The fourth-order valence-electron chi connectivity index (χ4n) is 4.35. The minimum absolute atomic E-state index is 0.0461. The van der Waals surface area contributed by atoms with E-state index in [1.54, 1.807) is 43.3 Å². The Labute approximate surface area is 243 Å². The SMILES string of the molecule is CCC(C(=O)NC(C)(C)C)N(Cc1ccc(C)cc1)C(=O)CN(c1cc(Cl)ccc1C)S(=O)(=O)c1ccccc1. The third kappa shape index (κ3) is 7.86. The summed E-state index contributed by atoms with van der Waals surface area (Å²) in [4.78, 5) is 29.1. The zero-order valence-corrected chi connectivity index (χ0v) is 25.5. The lowest BCUT2D eigenvalue weighted by molar-refractivity contribution is -0.141. The Balaban J connectivity index is 2.10. The average Bonchev–Trinajstić information content (AvgIpc) is 2.89. The van der Waals surface area contributed by atoms with Crippen molar-refractivity contribution in [2.45, 2.75) is 71.0 Å². The molecule has 2 amide bonds. The summed E-state index contributed by atoms with van der Waals surface area (Å²) in [5.41, 5.74) is 2.32. The van der Waals surface area contributed by atoms with Gasteiger partial charge in [0.05, 0.1) is 10.6 Å². The standard InChI is InChI=1S/C31H38ClN3O4S/c1-7-27(30(37)33-31(4,5)6)34(20-24-16-13-22(2)14-17-24)29(36)21-35(28-19-25(32)18-15-23(28)3)40(38,39)26-11-9-8-10-12-26/h8-19,27H,7,20-21H2,1-6H3,(H,33,37). The van der Waals surface area contributed by atoms with E-state index in [0.717, 1.165) is 15.4 Å². The van der Waals surface area contributed by atoms with E-state index in [9.17, 15) is 18.0 Å². The van der Waals surface area contributed by atoms with Crippen LogP contribution in [0.4, 0.5) is 5.69 Å². The fourth-order valence-corrected chi connectivity index (χ4v) is 6.00. The van der Waals surface area contributed by atoms with E-state index in [1.807, 2.05) is 58.9 Å². The maximum Gasteiger partial charge on any atom is 0.264 e. The lowest BCUT2D eigenvalue weighted by Crippen LogP contribution is -2.55. The molecule has 0 aliphatic carbocycles. The van der Waals surface area contributed by atoms with E-state index in [4.69, 9.17) is 11.6 Å². The third-order valence-electron chi connectivity index (χ3n) is 6.41. The number of hydrogen-bond acceptors (Lipinski definition) is 4. The number of aryl methyl sites for hydroxylation is 2. The fraction of sp³-hybridized carbons (Fsp3) is 0.355. The smallest absolute Gasteiger partial charge is 0.264 e. The van der Waals surface area contributed by atoms with Crippen LogP contribution in [0.25, 0.3) is 0 Å². The zero-order valence-electron chi connectivity index (χ0n) is 23.9. The van der Waals surface area contributed by atoms with E-state index >= 15 is 0 Å². The molecule has 0 saturated heterocycles. The predicted molar refractivity (Wildman–Crippen MR) is 161 cm³/mol. The Morgan fingerprint density at radius 2 is 1.57 bits per heavy atom. The second-order valence-electron chi connectivity index (χ2n) is 10.9. The predicted octanol–water partition coefficient (Wildman–Crippen LogP) is 5.87. The number of nitrogens with zero attached hydrogens (tertiary/aromatic N) is 2. The monoisotopic (exact) mass is 583 g/mol. The average molecular weight is 584 g/mol. The molecule has 1 atom stereocenters. The molecule has 0 aromatic heterocycles. The Morgan fingerprint density at radius 3 is 2.15 bits per heavy atom. The molecule has 7 nitrogen and oxygen atoms in total. The summed E-state index contributed by atoms with van der Waals surface area (Å²) >= 11 is 6.28. The lowest BCUT2D eigenvalue weighted by atomic mass is 10.1. The molecule has 0 heterocycles. The van der Waals surface area contributed by atoms with Crippen LogP contribution in [-0.4, -0.2) is 43.3 Å². The molecule has 1 N–H and O–H groups in total. The summed E-state index contributed by atoms with van der Waals surface area (Å²) in [5.74, 6) is -0.803. The molecule has 0 aliphatic rings. The van der Waals surface area contributed by atoms with Crippen LogP contribution >= 0.6 is 11.6 Å². The van der Waals surface area contributed by atoms with Gasteiger partial charge in [-0.25, -0.2) is 8.42 Å². The van der Waals surface area contributed by atoms with Gasteiger partial charge in [0.2, 0.25) is 11.8 Å². The Bertz CT molecular complexity index is 1440. The van der Waals surface area contributed by atoms with Crippen molar-refractivity contribution in [3.63, 3.8) is 0 Å². The summed E-state index contributed by atoms with van der Waals surface area (Å²) in [6.07, 6.45) is 0.348. The van der Waals surface area contributed by atoms with Gasteiger partial charge in [-0.15, -0.1) is 0 Å². The normalized spacial score (nSPS) is 12.5. The summed E-state index contributed by atoms with van der Waals surface area (Å²) in [5, 5.41) is 3.32. The third-order valence-corrected chi connectivity index (χ3v) is 8.42. The van der Waals surface area contributed by atoms with Crippen LogP contribution in [0.2, 0.25) is 5.02 Å². The molecular formula is C31H38ClN3O4S. The number of carbonyl (C=O) groups excluding carboxylic acids is 2. The van der Waals surface area contributed by atoms with Gasteiger partial charge in [-0.05, 0) is 76.4 Å². The van der Waals surface area contributed by atoms with Crippen LogP contribution in [0, 0.1) is 13.8 Å². The molecule has 3 rings (SSSR count). The van der Waals surface area contributed by atoms with Gasteiger partial charge in [-0.2, -0.15) is 0 Å². The molecule has 0 spiro atoms. The number of nitrogens with one attached hydrogen (secondary N) is 1. The van der Waals surface area contributed by atoms with Gasteiger partial charge in [-0.3, -0.25) is 13.9 Å². The number of amides is 2. The maximum absolute atomic E-state index is 14.1. The Hall–Kier alpha value is -3.36. The summed E-state index contributed by atoms with van der Waals surface area (Å²) in [6, 6.07) is 19.8. The topological polar surface area (TPSA) is 86.8 Å². The molecule has 40 heavy (non-hydrogen) atoms. The number of carbonyl (C=O) groups is 2. The van der Waals surface area contributed by atoms with Crippen LogP contribution in [0.3, 0.4) is 0 Å². The lowest BCUT2D eigenvalue weighted by Gasteiger charge is -2.35. The van der Waals surface area contributed by atoms with Crippen molar-refractivity contribution >= 4 is 39.1 Å². The summed E-state index contributed by atoms with van der Waals surface area (Å²) in [7, 11) is -4.16. The zero-order chi connectivity index (χ0) is 29.7. The second-order valence-corrected chi connectivity index (χ2v) is 13.2. The van der Waals surface area contributed by atoms with Crippen molar-refractivity contribution in [1.29, 1.82) is 0 Å². The highest BCUT2D eigenvalue weighted by Gasteiger charge is 2.35.